The summed E-state index contributed by atoms with van der Waals surface area (Å²) in [5.41, 5.74) is 1.77. The number of nitrogens with one attached hydrogen (secondary N) is 1. The van der Waals surface area contributed by atoms with Crippen molar-refractivity contribution in [2.75, 3.05) is 19.0 Å². The highest BCUT2D eigenvalue weighted by atomic mass is 32.2. The van der Waals surface area contributed by atoms with Gasteiger partial charge in [-0.25, -0.2) is 0 Å². The molecule has 1 aliphatic heterocycles. The van der Waals surface area contributed by atoms with Gasteiger partial charge in [-0.3, -0.25) is 0 Å². The highest BCUT2D eigenvalue weighted by Gasteiger charge is 2.39. The number of benzene rings is 1. The molecule has 1 N–H and O–H groups in total. The van der Waals surface area contributed by atoms with Gasteiger partial charge in [-0.2, -0.15) is 4.99 Å². The SMILES string of the molecule is CCC1(C)NC([S+]([O-])Cc2ccccc2N(C)C)=NC1=S. The van der Waals surface area contributed by atoms with Crippen LogP contribution in [0.25, 0.3) is 0 Å². The maximum absolute atomic E-state index is 12.6. The van der Waals surface area contributed by atoms with Crippen molar-refractivity contribution in [3.63, 3.8) is 0 Å². The molecule has 2 atom stereocenters. The number of thiocarbonyl (C=S) groups is 1. The number of nitrogens with zero attached hydrogens (tertiary/aromatic N) is 2. The fourth-order valence-corrected chi connectivity index (χ4v) is 3.70. The van der Waals surface area contributed by atoms with Crippen LogP contribution in [0, 0.1) is 0 Å². The van der Waals surface area contributed by atoms with Gasteiger partial charge in [0.05, 0.1) is 5.54 Å². The van der Waals surface area contributed by atoms with E-state index in [1.54, 1.807) is 0 Å². The molecular weight excluding hydrogens is 302 g/mol. The first kappa shape index (κ1) is 16.3. The van der Waals surface area contributed by atoms with E-state index in [-0.39, 0.29) is 5.54 Å². The average molecular weight is 323 g/mol. The van der Waals surface area contributed by atoms with Crippen LogP contribution in [-0.2, 0) is 16.9 Å². The second kappa shape index (κ2) is 6.34. The van der Waals surface area contributed by atoms with Crippen LogP contribution in [0.2, 0.25) is 0 Å². The van der Waals surface area contributed by atoms with E-state index in [1.807, 2.05) is 57.1 Å². The van der Waals surface area contributed by atoms with Gasteiger partial charge in [0.25, 0.3) is 0 Å². The first-order valence-electron chi connectivity index (χ1n) is 6.92. The van der Waals surface area contributed by atoms with E-state index >= 15 is 0 Å². The van der Waals surface area contributed by atoms with Gasteiger partial charge in [0, 0.05) is 36.5 Å². The Morgan fingerprint density at radius 1 is 1.38 bits per heavy atom. The summed E-state index contributed by atoms with van der Waals surface area (Å²) in [5.74, 6) is 0.433. The topological polar surface area (TPSA) is 50.7 Å². The lowest BCUT2D eigenvalue weighted by Crippen LogP contribution is -2.46. The summed E-state index contributed by atoms with van der Waals surface area (Å²) < 4.78 is 12.6. The van der Waals surface area contributed by atoms with Crippen molar-refractivity contribution in [1.29, 1.82) is 0 Å². The average Bonchev–Trinajstić information content (AvgIpc) is 2.76. The zero-order chi connectivity index (χ0) is 15.6. The quantitative estimate of drug-likeness (QED) is 0.683. The van der Waals surface area contributed by atoms with Gasteiger partial charge in [-0.1, -0.05) is 37.3 Å². The molecule has 0 radical (unpaired) electrons. The Bertz CT molecular complexity index is 574. The Kier molecular flexibility index (Phi) is 4.91. The Morgan fingerprint density at radius 3 is 2.62 bits per heavy atom. The molecule has 0 amide bonds. The van der Waals surface area contributed by atoms with Crippen molar-refractivity contribution in [1.82, 2.24) is 5.32 Å². The first-order valence-corrected chi connectivity index (χ1v) is 8.65. The van der Waals surface area contributed by atoms with Crippen LogP contribution in [0.5, 0.6) is 0 Å². The molecule has 0 fully saturated rings. The third-order valence-corrected chi connectivity index (χ3v) is 5.48. The van der Waals surface area contributed by atoms with Crippen LogP contribution in [-0.4, -0.2) is 34.3 Å². The lowest BCUT2D eigenvalue weighted by atomic mass is 10.0. The predicted octanol–water partition coefficient (Wildman–Crippen LogP) is 2.46. The third kappa shape index (κ3) is 3.39. The minimum atomic E-state index is -1.22. The lowest BCUT2D eigenvalue weighted by Gasteiger charge is -2.23. The van der Waals surface area contributed by atoms with Gasteiger partial charge in [0.1, 0.15) is 10.7 Å². The summed E-state index contributed by atoms with van der Waals surface area (Å²) >= 11 is 4.07. The third-order valence-electron chi connectivity index (χ3n) is 3.74. The number of hydrogen-bond acceptors (Lipinski definition) is 4. The van der Waals surface area contributed by atoms with Crippen LogP contribution in [0.4, 0.5) is 5.69 Å². The van der Waals surface area contributed by atoms with Gasteiger partial charge in [-0.05, 0) is 19.4 Å². The number of para-hydroxylation sites is 1. The predicted molar refractivity (Wildman–Crippen MR) is 94.5 cm³/mol. The second-order valence-corrected chi connectivity index (χ2v) is 7.30. The first-order chi connectivity index (χ1) is 9.87. The van der Waals surface area contributed by atoms with Gasteiger partial charge < -0.3 is 14.8 Å². The molecule has 6 heteroatoms. The minimum Gasteiger partial charge on any atom is -0.609 e. The van der Waals surface area contributed by atoms with E-state index in [1.165, 1.54) is 0 Å². The zero-order valence-corrected chi connectivity index (χ0v) is 14.5. The van der Waals surface area contributed by atoms with Crippen molar-refractivity contribution in [2.24, 2.45) is 4.99 Å². The molecule has 0 spiro atoms. The molecule has 2 rings (SSSR count). The fraction of sp³-hybridized carbons (Fsp3) is 0.467. The molecule has 0 aliphatic carbocycles. The van der Waals surface area contributed by atoms with Gasteiger partial charge in [0.2, 0.25) is 0 Å². The number of rotatable bonds is 4. The summed E-state index contributed by atoms with van der Waals surface area (Å²) in [6.07, 6.45) is 0.824. The molecule has 1 aromatic carbocycles. The number of amidine groups is 1. The molecule has 21 heavy (non-hydrogen) atoms. The molecule has 114 valence electrons. The summed E-state index contributed by atoms with van der Waals surface area (Å²) in [7, 11) is 3.97. The summed E-state index contributed by atoms with van der Waals surface area (Å²) in [5, 5.41) is 3.73. The number of hydrogen-bond donors (Lipinski definition) is 1. The van der Waals surface area contributed by atoms with E-state index in [0.29, 0.717) is 15.9 Å². The van der Waals surface area contributed by atoms with E-state index in [4.69, 9.17) is 12.2 Å². The molecule has 0 saturated heterocycles. The standard InChI is InChI=1S/C15H21N3OS2/c1-5-15(2)13(20)16-14(17-15)21(19)10-11-8-6-7-9-12(11)18(3)4/h6-9H,5,10H2,1-4H3,(H,16,17,20). The molecule has 1 aromatic rings. The summed E-state index contributed by atoms with van der Waals surface area (Å²) in [6, 6.07) is 7.97. The molecule has 4 nitrogen and oxygen atoms in total. The van der Waals surface area contributed by atoms with Crippen LogP contribution in [0.15, 0.2) is 29.3 Å². The van der Waals surface area contributed by atoms with Gasteiger partial charge >= 0.3 is 5.17 Å². The van der Waals surface area contributed by atoms with E-state index in [0.717, 1.165) is 17.7 Å². The zero-order valence-electron chi connectivity index (χ0n) is 12.8. The summed E-state index contributed by atoms with van der Waals surface area (Å²) in [4.78, 5) is 6.92. The lowest BCUT2D eigenvalue weighted by molar-refractivity contribution is 0.554. The molecule has 1 aliphatic rings. The molecule has 0 saturated carbocycles. The Hall–Kier alpha value is -1.11. The minimum absolute atomic E-state index is 0.346. The van der Waals surface area contributed by atoms with Crippen LogP contribution >= 0.6 is 12.2 Å². The van der Waals surface area contributed by atoms with Crippen molar-refractivity contribution in [2.45, 2.75) is 31.6 Å². The van der Waals surface area contributed by atoms with Crippen LogP contribution in [0.3, 0.4) is 0 Å². The highest BCUT2D eigenvalue weighted by molar-refractivity contribution is 8.05. The molecule has 0 bridgehead atoms. The smallest absolute Gasteiger partial charge is 0.318 e. The molecule has 0 aromatic heterocycles. The monoisotopic (exact) mass is 323 g/mol. The molecule has 1 heterocycles. The van der Waals surface area contributed by atoms with Gasteiger partial charge in [-0.15, -0.1) is 0 Å². The van der Waals surface area contributed by atoms with E-state index in [9.17, 15) is 4.55 Å². The van der Waals surface area contributed by atoms with E-state index < -0.39 is 11.2 Å². The van der Waals surface area contributed by atoms with Crippen LogP contribution < -0.4 is 10.2 Å². The highest BCUT2D eigenvalue weighted by Crippen LogP contribution is 2.24. The normalized spacial score (nSPS) is 22.7. The van der Waals surface area contributed by atoms with Gasteiger partial charge in [0.15, 0.2) is 0 Å². The Morgan fingerprint density at radius 2 is 2.05 bits per heavy atom. The fourth-order valence-electron chi connectivity index (χ4n) is 2.16. The van der Waals surface area contributed by atoms with Crippen molar-refractivity contribution in [3.05, 3.63) is 29.8 Å². The van der Waals surface area contributed by atoms with Crippen molar-refractivity contribution >= 4 is 39.2 Å². The second-order valence-electron chi connectivity index (χ2n) is 5.55. The number of aliphatic imine (C=N–C) groups is 1. The maximum Gasteiger partial charge on any atom is 0.318 e. The Balaban J connectivity index is 2.15. The van der Waals surface area contributed by atoms with Crippen LogP contribution in [0.1, 0.15) is 25.8 Å². The molecular formula is C15H21N3OS2. The molecule has 2 unspecified atom stereocenters. The van der Waals surface area contributed by atoms with Crippen molar-refractivity contribution in [3.8, 4) is 0 Å². The number of anilines is 1. The van der Waals surface area contributed by atoms with E-state index in [2.05, 4.69) is 10.3 Å². The largest absolute Gasteiger partial charge is 0.609 e. The Labute approximate surface area is 134 Å². The van der Waals surface area contributed by atoms with Crippen molar-refractivity contribution < 1.29 is 4.55 Å². The summed E-state index contributed by atoms with van der Waals surface area (Å²) in [6.45, 7) is 4.04. The maximum atomic E-state index is 12.6.